The Kier molecular flexibility index (Phi) is 2.77. The molecule has 1 aromatic rings. The topological polar surface area (TPSA) is 54.4 Å². The lowest BCUT2D eigenvalue weighted by Crippen LogP contribution is -1.97. The first-order valence-corrected chi connectivity index (χ1v) is 5.44. The van der Waals surface area contributed by atoms with Crippen LogP contribution in [0.3, 0.4) is 0 Å². The van der Waals surface area contributed by atoms with Crippen LogP contribution in [0.5, 0.6) is 0 Å². The Hall–Kier alpha value is -0.100. The molecule has 0 bridgehead atoms. The van der Waals surface area contributed by atoms with Gasteiger partial charge in [0.1, 0.15) is 0 Å². The van der Waals surface area contributed by atoms with E-state index in [2.05, 4.69) is 15.9 Å². The molecule has 0 aromatic heterocycles. The van der Waals surface area contributed by atoms with Gasteiger partial charge in [-0.15, -0.1) is 0 Å². The maximum absolute atomic E-state index is 10.6. The van der Waals surface area contributed by atoms with Crippen molar-refractivity contribution >= 4 is 37.6 Å². The van der Waals surface area contributed by atoms with Gasteiger partial charge in [0.05, 0.1) is 4.90 Å². The Morgan fingerprint density at radius 1 is 1.33 bits per heavy atom. The lowest BCUT2D eigenvalue weighted by molar-refractivity contribution is 0.483. The second kappa shape index (κ2) is 3.33. The summed E-state index contributed by atoms with van der Waals surface area (Å²) in [6.45, 7) is 0. The van der Waals surface area contributed by atoms with E-state index in [4.69, 9.17) is 16.2 Å². The summed E-state index contributed by atoms with van der Waals surface area (Å²) >= 11 is 8.60. The monoisotopic (exact) mass is 270 g/mol. The van der Waals surface area contributed by atoms with E-state index in [1.807, 2.05) is 0 Å². The highest BCUT2D eigenvalue weighted by Gasteiger charge is 2.10. The van der Waals surface area contributed by atoms with Crippen LogP contribution >= 0.6 is 27.5 Å². The zero-order valence-electron chi connectivity index (χ0n) is 5.66. The van der Waals surface area contributed by atoms with Crippen LogP contribution in [-0.2, 0) is 10.1 Å². The molecule has 0 atom stereocenters. The molecule has 0 unspecified atom stereocenters. The van der Waals surface area contributed by atoms with Gasteiger partial charge in [0.25, 0.3) is 10.1 Å². The van der Waals surface area contributed by atoms with E-state index in [0.29, 0.717) is 4.47 Å². The second-order valence-electron chi connectivity index (χ2n) is 2.08. The number of benzene rings is 1. The molecular weight excluding hydrogens is 267 g/mol. The van der Waals surface area contributed by atoms with Crippen molar-refractivity contribution in [2.45, 2.75) is 4.90 Å². The summed E-state index contributed by atoms with van der Waals surface area (Å²) in [5.74, 6) is 0. The lowest BCUT2D eigenvalue weighted by Gasteiger charge is -1.98. The van der Waals surface area contributed by atoms with Crippen LogP contribution in [0.1, 0.15) is 0 Å². The van der Waals surface area contributed by atoms with Crippen molar-refractivity contribution in [1.29, 1.82) is 0 Å². The quantitative estimate of drug-likeness (QED) is 0.798. The average molecular weight is 272 g/mol. The minimum Gasteiger partial charge on any atom is -0.282 e. The number of hydrogen-bond acceptors (Lipinski definition) is 2. The number of hydrogen-bond donors (Lipinski definition) is 1. The minimum absolute atomic E-state index is 0.220. The fourth-order valence-electron chi connectivity index (χ4n) is 0.677. The Bertz CT molecular complexity index is 381. The largest absolute Gasteiger partial charge is 0.294 e. The molecule has 1 N–H and O–H groups in total. The van der Waals surface area contributed by atoms with Gasteiger partial charge in [-0.1, -0.05) is 27.5 Å². The molecule has 6 heteroatoms. The predicted molar refractivity (Wildman–Crippen MR) is 49.0 cm³/mol. The fraction of sp³-hybridized carbons (Fsp3) is 0. The van der Waals surface area contributed by atoms with Crippen molar-refractivity contribution in [2.75, 3.05) is 0 Å². The molecule has 0 radical (unpaired) electrons. The van der Waals surface area contributed by atoms with Gasteiger partial charge in [-0.2, -0.15) is 8.42 Å². The Morgan fingerprint density at radius 2 is 1.92 bits per heavy atom. The summed E-state index contributed by atoms with van der Waals surface area (Å²) < 4.78 is 30.4. The van der Waals surface area contributed by atoms with Gasteiger partial charge in [-0.3, -0.25) is 4.55 Å². The van der Waals surface area contributed by atoms with Crippen molar-refractivity contribution < 1.29 is 13.0 Å². The van der Waals surface area contributed by atoms with Gasteiger partial charge in [-0.05, 0) is 18.2 Å². The third-order valence-corrected chi connectivity index (χ3v) is 2.64. The molecule has 3 nitrogen and oxygen atoms in total. The van der Waals surface area contributed by atoms with Gasteiger partial charge in [-0.25, -0.2) is 0 Å². The van der Waals surface area contributed by atoms with Crippen LogP contribution < -0.4 is 0 Å². The van der Waals surface area contributed by atoms with Crippen molar-refractivity contribution in [3.05, 3.63) is 27.7 Å². The summed E-state index contributed by atoms with van der Waals surface area (Å²) in [5, 5.41) is 0.247. The molecular formula is C6H4BrClO3S. The van der Waals surface area contributed by atoms with E-state index < -0.39 is 10.1 Å². The summed E-state index contributed by atoms with van der Waals surface area (Å²) in [6.07, 6.45) is 0. The summed E-state index contributed by atoms with van der Waals surface area (Å²) in [6, 6.07) is 3.96. The van der Waals surface area contributed by atoms with Crippen molar-refractivity contribution in [1.82, 2.24) is 0 Å². The Labute approximate surface area is 83.2 Å². The molecule has 1 aromatic carbocycles. The summed E-state index contributed by atoms with van der Waals surface area (Å²) in [4.78, 5) is -0.220. The second-order valence-corrected chi connectivity index (χ2v) is 4.85. The van der Waals surface area contributed by atoms with E-state index in [9.17, 15) is 8.42 Å². The number of halogens is 2. The molecule has 0 saturated carbocycles. The van der Waals surface area contributed by atoms with Gasteiger partial charge < -0.3 is 0 Å². The van der Waals surface area contributed by atoms with E-state index in [1.165, 1.54) is 18.2 Å². The van der Waals surface area contributed by atoms with Gasteiger partial charge in [0, 0.05) is 9.50 Å². The van der Waals surface area contributed by atoms with Crippen LogP contribution in [0.25, 0.3) is 0 Å². The van der Waals surface area contributed by atoms with Crippen molar-refractivity contribution in [3.63, 3.8) is 0 Å². The zero-order valence-corrected chi connectivity index (χ0v) is 8.82. The Balaban J connectivity index is 3.37. The minimum atomic E-state index is -4.16. The first kappa shape index (κ1) is 9.98. The zero-order chi connectivity index (χ0) is 9.35. The van der Waals surface area contributed by atoms with Gasteiger partial charge >= 0.3 is 0 Å². The van der Waals surface area contributed by atoms with E-state index in [1.54, 1.807) is 0 Å². The van der Waals surface area contributed by atoms with Crippen molar-refractivity contribution in [3.8, 4) is 0 Å². The third-order valence-electron chi connectivity index (χ3n) is 1.13. The average Bonchev–Trinajstić information content (AvgIpc) is 1.82. The molecule has 0 heterocycles. The normalized spacial score (nSPS) is 11.6. The molecule has 0 aliphatic rings. The van der Waals surface area contributed by atoms with E-state index in [0.717, 1.165) is 0 Å². The van der Waals surface area contributed by atoms with Gasteiger partial charge in [0.15, 0.2) is 0 Å². The van der Waals surface area contributed by atoms with Crippen LogP contribution in [0, 0.1) is 0 Å². The molecule has 0 saturated heterocycles. The fourth-order valence-corrected chi connectivity index (χ4v) is 2.31. The van der Waals surface area contributed by atoms with Crippen LogP contribution in [0.2, 0.25) is 5.02 Å². The molecule has 0 fully saturated rings. The smallest absolute Gasteiger partial charge is 0.282 e. The molecule has 66 valence electrons. The van der Waals surface area contributed by atoms with Crippen LogP contribution in [0.4, 0.5) is 0 Å². The van der Waals surface area contributed by atoms with E-state index >= 15 is 0 Å². The maximum atomic E-state index is 10.6. The Morgan fingerprint density at radius 3 is 2.33 bits per heavy atom. The molecule has 12 heavy (non-hydrogen) atoms. The predicted octanol–water partition coefficient (Wildman–Crippen LogP) is 2.35. The lowest BCUT2D eigenvalue weighted by atomic mass is 10.4. The van der Waals surface area contributed by atoms with Crippen LogP contribution in [-0.4, -0.2) is 13.0 Å². The SMILES string of the molecule is O=S(=O)(O)c1cc(Cl)cc(Br)c1. The molecule has 0 amide bonds. The highest BCUT2D eigenvalue weighted by molar-refractivity contribution is 9.10. The molecule has 1 rings (SSSR count). The molecule has 0 aliphatic heterocycles. The van der Waals surface area contributed by atoms with Crippen LogP contribution in [0.15, 0.2) is 27.6 Å². The first-order chi connectivity index (χ1) is 5.39. The standard InChI is InChI=1S/C6H4BrClO3S/c7-4-1-5(8)3-6(2-4)12(9,10)11/h1-3H,(H,9,10,11). The highest BCUT2D eigenvalue weighted by Crippen LogP contribution is 2.22. The van der Waals surface area contributed by atoms with E-state index in [-0.39, 0.29) is 9.92 Å². The molecule has 0 spiro atoms. The summed E-state index contributed by atoms with van der Waals surface area (Å²) in [7, 11) is -4.16. The first-order valence-electron chi connectivity index (χ1n) is 2.83. The van der Waals surface area contributed by atoms with Gasteiger partial charge in [0.2, 0.25) is 0 Å². The number of rotatable bonds is 1. The third kappa shape index (κ3) is 2.45. The highest BCUT2D eigenvalue weighted by atomic mass is 79.9. The molecule has 0 aliphatic carbocycles. The maximum Gasteiger partial charge on any atom is 0.294 e. The van der Waals surface area contributed by atoms with Crippen molar-refractivity contribution in [2.24, 2.45) is 0 Å². The summed E-state index contributed by atoms with van der Waals surface area (Å²) in [5.41, 5.74) is 0.